The van der Waals surface area contributed by atoms with Crippen LogP contribution in [-0.4, -0.2) is 34.5 Å². The molecule has 0 amide bonds. The molecular weight excluding hydrogens is 270 g/mol. The van der Waals surface area contributed by atoms with Crippen LogP contribution in [0.25, 0.3) is 0 Å². The molecule has 1 N–H and O–H groups in total. The molecule has 1 atom stereocenters. The number of nitrogens with zero attached hydrogens (tertiary/aromatic N) is 4. The predicted octanol–water partition coefficient (Wildman–Crippen LogP) is 2.83. The maximum absolute atomic E-state index is 11.2. The zero-order valence-electron chi connectivity index (χ0n) is 12.7. The highest BCUT2D eigenvalue weighted by Gasteiger charge is 2.25. The van der Waals surface area contributed by atoms with Gasteiger partial charge >= 0.3 is 5.69 Å². The molecule has 0 aromatic carbocycles. The SMILES string of the molecule is CCNc1ncc([N+](=O)[O-])c(N2CCCC(CC)CC2)n1. The molecule has 116 valence electrons. The zero-order valence-corrected chi connectivity index (χ0v) is 12.7. The minimum Gasteiger partial charge on any atom is -0.354 e. The molecule has 7 heteroatoms. The molecule has 1 fully saturated rings. The van der Waals surface area contributed by atoms with Crippen LogP contribution in [0.5, 0.6) is 0 Å². The van der Waals surface area contributed by atoms with Gasteiger partial charge in [-0.25, -0.2) is 4.98 Å². The minimum absolute atomic E-state index is 0.00778. The quantitative estimate of drug-likeness (QED) is 0.664. The molecule has 0 bridgehead atoms. The number of rotatable bonds is 5. The van der Waals surface area contributed by atoms with E-state index in [1.54, 1.807) is 0 Å². The van der Waals surface area contributed by atoms with Crippen molar-refractivity contribution in [2.75, 3.05) is 29.9 Å². The van der Waals surface area contributed by atoms with Crippen molar-refractivity contribution in [1.29, 1.82) is 0 Å². The van der Waals surface area contributed by atoms with Crippen molar-refractivity contribution in [3.8, 4) is 0 Å². The van der Waals surface area contributed by atoms with Crippen molar-refractivity contribution in [1.82, 2.24) is 9.97 Å². The number of nitrogens with one attached hydrogen (secondary N) is 1. The predicted molar refractivity (Wildman–Crippen MR) is 82.7 cm³/mol. The highest BCUT2D eigenvalue weighted by Crippen LogP contribution is 2.30. The second-order valence-corrected chi connectivity index (χ2v) is 5.38. The van der Waals surface area contributed by atoms with Crippen LogP contribution in [0.4, 0.5) is 17.5 Å². The van der Waals surface area contributed by atoms with Crippen molar-refractivity contribution in [2.24, 2.45) is 5.92 Å². The zero-order chi connectivity index (χ0) is 15.2. The summed E-state index contributed by atoms with van der Waals surface area (Å²) in [6.45, 7) is 6.48. The van der Waals surface area contributed by atoms with E-state index in [9.17, 15) is 10.1 Å². The summed E-state index contributed by atoms with van der Waals surface area (Å²) in [5.74, 6) is 1.61. The molecule has 1 aliphatic heterocycles. The first-order chi connectivity index (χ1) is 10.2. The van der Waals surface area contributed by atoms with Crippen LogP contribution in [0.2, 0.25) is 0 Å². The smallest absolute Gasteiger partial charge is 0.329 e. The molecule has 0 radical (unpaired) electrons. The van der Waals surface area contributed by atoms with Crippen molar-refractivity contribution in [3.05, 3.63) is 16.3 Å². The number of hydrogen-bond acceptors (Lipinski definition) is 6. The Labute approximate surface area is 124 Å². The van der Waals surface area contributed by atoms with Crippen molar-refractivity contribution in [3.63, 3.8) is 0 Å². The summed E-state index contributed by atoms with van der Waals surface area (Å²) >= 11 is 0. The third kappa shape index (κ3) is 3.80. The maximum atomic E-state index is 11.2. The summed E-state index contributed by atoms with van der Waals surface area (Å²) < 4.78 is 0. The Morgan fingerprint density at radius 1 is 1.43 bits per heavy atom. The van der Waals surface area contributed by atoms with Crippen molar-refractivity contribution >= 4 is 17.5 Å². The third-order valence-electron chi connectivity index (χ3n) is 4.01. The van der Waals surface area contributed by atoms with E-state index < -0.39 is 4.92 Å². The number of nitro groups is 1. The Morgan fingerprint density at radius 2 is 2.24 bits per heavy atom. The number of hydrogen-bond donors (Lipinski definition) is 1. The Morgan fingerprint density at radius 3 is 2.90 bits per heavy atom. The Balaban J connectivity index is 2.26. The van der Waals surface area contributed by atoms with Gasteiger partial charge in [-0.05, 0) is 32.1 Å². The van der Waals surface area contributed by atoms with Crippen LogP contribution < -0.4 is 10.2 Å². The lowest BCUT2D eigenvalue weighted by atomic mass is 9.98. The van der Waals surface area contributed by atoms with E-state index >= 15 is 0 Å². The molecule has 0 saturated carbocycles. The first-order valence-corrected chi connectivity index (χ1v) is 7.66. The number of anilines is 2. The first-order valence-electron chi connectivity index (χ1n) is 7.66. The normalized spacial score (nSPS) is 19.1. The van der Waals surface area contributed by atoms with Crippen LogP contribution in [-0.2, 0) is 0 Å². The molecule has 2 rings (SSSR count). The summed E-state index contributed by atoms with van der Waals surface area (Å²) in [4.78, 5) is 21.2. The van der Waals surface area contributed by atoms with E-state index in [-0.39, 0.29) is 5.69 Å². The van der Waals surface area contributed by atoms with Gasteiger partial charge in [0.2, 0.25) is 11.8 Å². The summed E-state index contributed by atoms with van der Waals surface area (Å²) in [5.41, 5.74) is -0.00778. The second kappa shape index (κ2) is 7.19. The van der Waals surface area contributed by atoms with Crippen molar-refractivity contribution < 1.29 is 4.92 Å². The average Bonchev–Trinajstić information content (AvgIpc) is 2.72. The lowest BCUT2D eigenvalue weighted by Gasteiger charge is -2.21. The van der Waals surface area contributed by atoms with E-state index in [4.69, 9.17) is 0 Å². The largest absolute Gasteiger partial charge is 0.354 e. The monoisotopic (exact) mass is 293 g/mol. The molecule has 7 nitrogen and oxygen atoms in total. The molecule has 1 aromatic rings. The lowest BCUT2D eigenvalue weighted by molar-refractivity contribution is -0.384. The maximum Gasteiger partial charge on any atom is 0.329 e. The van der Waals surface area contributed by atoms with E-state index in [0.29, 0.717) is 24.2 Å². The average molecular weight is 293 g/mol. The van der Waals surface area contributed by atoms with Gasteiger partial charge in [0.15, 0.2) is 0 Å². The molecular formula is C14H23N5O2. The lowest BCUT2D eigenvalue weighted by Crippen LogP contribution is -2.26. The minimum atomic E-state index is -0.396. The van der Waals surface area contributed by atoms with Crippen LogP contribution in [0, 0.1) is 16.0 Å². The molecule has 2 heterocycles. The van der Waals surface area contributed by atoms with Gasteiger partial charge in [0, 0.05) is 19.6 Å². The van der Waals surface area contributed by atoms with E-state index in [0.717, 1.165) is 25.9 Å². The van der Waals surface area contributed by atoms with Gasteiger partial charge in [-0.15, -0.1) is 0 Å². The molecule has 0 spiro atoms. The molecule has 1 unspecified atom stereocenters. The van der Waals surface area contributed by atoms with Gasteiger partial charge in [-0.1, -0.05) is 13.3 Å². The van der Waals surface area contributed by atoms with Crippen LogP contribution in [0.3, 0.4) is 0 Å². The summed E-state index contributed by atoms with van der Waals surface area (Å²) in [5, 5.41) is 14.2. The fourth-order valence-corrected chi connectivity index (χ4v) is 2.76. The van der Waals surface area contributed by atoms with Gasteiger partial charge in [0.05, 0.1) is 4.92 Å². The summed E-state index contributed by atoms with van der Waals surface area (Å²) in [6, 6.07) is 0. The van der Waals surface area contributed by atoms with Gasteiger partial charge in [-0.3, -0.25) is 10.1 Å². The fourth-order valence-electron chi connectivity index (χ4n) is 2.76. The second-order valence-electron chi connectivity index (χ2n) is 5.38. The summed E-state index contributed by atoms with van der Waals surface area (Å²) in [7, 11) is 0. The molecule has 0 aliphatic carbocycles. The molecule has 21 heavy (non-hydrogen) atoms. The Hall–Kier alpha value is -1.92. The van der Waals surface area contributed by atoms with Gasteiger partial charge in [0.1, 0.15) is 6.20 Å². The van der Waals surface area contributed by atoms with Crippen LogP contribution >= 0.6 is 0 Å². The Bertz CT molecular complexity index is 494. The molecule has 1 aliphatic rings. The van der Waals surface area contributed by atoms with Crippen molar-refractivity contribution in [2.45, 2.75) is 39.5 Å². The first kappa shape index (κ1) is 15.5. The Kier molecular flexibility index (Phi) is 5.30. The van der Waals surface area contributed by atoms with Gasteiger partial charge < -0.3 is 10.2 Å². The molecule has 1 aromatic heterocycles. The highest BCUT2D eigenvalue weighted by atomic mass is 16.6. The van der Waals surface area contributed by atoms with Gasteiger partial charge in [0.25, 0.3) is 0 Å². The van der Waals surface area contributed by atoms with E-state index in [1.165, 1.54) is 19.0 Å². The van der Waals surface area contributed by atoms with Crippen LogP contribution in [0.1, 0.15) is 39.5 Å². The van der Waals surface area contributed by atoms with E-state index in [2.05, 4.69) is 22.2 Å². The third-order valence-corrected chi connectivity index (χ3v) is 4.01. The van der Waals surface area contributed by atoms with Gasteiger partial charge in [-0.2, -0.15) is 4.98 Å². The fraction of sp³-hybridized carbons (Fsp3) is 0.714. The molecule has 1 saturated heterocycles. The standard InChI is InChI=1S/C14H23N5O2/c1-3-11-6-5-8-18(9-7-11)13-12(19(20)21)10-16-14(17-13)15-4-2/h10-11H,3-9H2,1-2H3,(H,15,16,17). The number of aromatic nitrogens is 2. The highest BCUT2D eigenvalue weighted by molar-refractivity contribution is 5.59. The topological polar surface area (TPSA) is 84.2 Å². The summed E-state index contributed by atoms with van der Waals surface area (Å²) in [6.07, 6.45) is 5.78. The van der Waals surface area contributed by atoms with Crippen LogP contribution in [0.15, 0.2) is 6.20 Å². The van der Waals surface area contributed by atoms with E-state index in [1.807, 2.05) is 11.8 Å².